The standard InChI is InChI=1S/C13H18N4O3S/c1-3-10-14-8(7-21-10)6-17(2)11(18)5-4-9-12(19)16-13(20)15-9/h7,9H,3-6H2,1-2H3,(H2,15,16,19,20). The van der Waals surface area contributed by atoms with Crippen LogP contribution in [0, 0.1) is 0 Å². The molecule has 1 fully saturated rings. The van der Waals surface area contributed by atoms with E-state index in [1.54, 1.807) is 23.3 Å². The molecular weight excluding hydrogens is 292 g/mol. The lowest BCUT2D eigenvalue weighted by Gasteiger charge is -2.16. The number of nitrogens with one attached hydrogen (secondary N) is 2. The second-order valence-corrected chi connectivity index (χ2v) is 5.83. The van der Waals surface area contributed by atoms with Crippen molar-refractivity contribution in [3.05, 3.63) is 16.1 Å². The van der Waals surface area contributed by atoms with Crippen LogP contribution in [0.2, 0.25) is 0 Å². The van der Waals surface area contributed by atoms with E-state index in [9.17, 15) is 14.4 Å². The van der Waals surface area contributed by atoms with Gasteiger partial charge in [0.15, 0.2) is 0 Å². The van der Waals surface area contributed by atoms with Gasteiger partial charge in [0.2, 0.25) is 5.91 Å². The van der Waals surface area contributed by atoms with Crippen molar-refractivity contribution in [2.45, 2.75) is 38.8 Å². The minimum atomic E-state index is -0.610. The highest BCUT2D eigenvalue weighted by molar-refractivity contribution is 7.09. The molecular formula is C13H18N4O3S. The van der Waals surface area contributed by atoms with Crippen LogP contribution in [0.25, 0.3) is 0 Å². The number of hydrogen-bond donors (Lipinski definition) is 2. The summed E-state index contributed by atoms with van der Waals surface area (Å²) in [5, 5.41) is 7.63. The number of aryl methyl sites for hydroxylation is 1. The lowest BCUT2D eigenvalue weighted by atomic mass is 10.1. The first-order valence-electron chi connectivity index (χ1n) is 6.78. The summed E-state index contributed by atoms with van der Waals surface area (Å²) in [6, 6.07) is -1.11. The van der Waals surface area contributed by atoms with Crippen LogP contribution in [0.3, 0.4) is 0 Å². The van der Waals surface area contributed by atoms with Gasteiger partial charge >= 0.3 is 6.03 Å². The van der Waals surface area contributed by atoms with Crippen LogP contribution in [-0.2, 0) is 22.6 Å². The molecule has 1 saturated heterocycles. The lowest BCUT2D eigenvalue weighted by molar-refractivity contribution is -0.130. The van der Waals surface area contributed by atoms with Crippen LogP contribution in [0.4, 0.5) is 4.79 Å². The van der Waals surface area contributed by atoms with Gasteiger partial charge in [-0.05, 0) is 12.8 Å². The van der Waals surface area contributed by atoms with E-state index >= 15 is 0 Å². The number of imide groups is 1. The summed E-state index contributed by atoms with van der Waals surface area (Å²) in [6.07, 6.45) is 1.40. The Kier molecular flexibility index (Phi) is 4.89. The summed E-state index contributed by atoms with van der Waals surface area (Å²) in [5.74, 6) is -0.447. The molecule has 1 atom stereocenters. The molecule has 0 spiro atoms. The Balaban J connectivity index is 1.79. The maximum Gasteiger partial charge on any atom is 0.322 e. The van der Waals surface area contributed by atoms with Crippen LogP contribution in [0.1, 0.15) is 30.5 Å². The highest BCUT2D eigenvalue weighted by Crippen LogP contribution is 2.13. The molecule has 1 aromatic heterocycles. The third-order valence-corrected chi connectivity index (χ3v) is 4.27. The summed E-state index contributed by atoms with van der Waals surface area (Å²) < 4.78 is 0. The Morgan fingerprint density at radius 1 is 1.48 bits per heavy atom. The first kappa shape index (κ1) is 15.4. The van der Waals surface area contributed by atoms with Crippen LogP contribution >= 0.6 is 11.3 Å². The average Bonchev–Trinajstić information content (AvgIpc) is 3.02. The molecule has 2 heterocycles. The lowest BCUT2D eigenvalue weighted by Crippen LogP contribution is -2.32. The molecule has 0 radical (unpaired) electrons. The Morgan fingerprint density at radius 2 is 2.24 bits per heavy atom. The SMILES string of the molecule is CCc1nc(CN(C)C(=O)CCC2NC(=O)NC2=O)cs1. The van der Waals surface area contributed by atoms with Gasteiger partial charge in [-0.3, -0.25) is 14.9 Å². The fourth-order valence-electron chi connectivity index (χ4n) is 2.04. The first-order valence-corrected chi connectivity index (χ1v) is 7.66. The number of amides is 4. The highest BCUT2D eigenvalue weighted by atomic mass is 32.1. The zero-order chi connectivity index (χ0) is 15.4. The van der Waals surface area contributed by atoms with Gasteiger partial charge in [-0.2, -0.15) is 0 Å². The maximum atomic E-state index is 12.0. The number of aromatic nitrogens is 1. The third-order valence-electron chi connectivity index (χ3n) is 3.23. The van der Waals surface area contributed by atoms with E-state index in [4.69, 9.17) is 0 Å². The molecule has 1 aliphatic rings. The molecule has 4 amide bonds. The number of rotatable bonds is 6. The second kappa shape index (κ2) is 6.66. The van der Waals surface area contributed by atoms with Crippen molar-refractivity contribution in [3.63, 3.8) is 0 Å². The zero-order valence-corrected chi connectivity index (χ0v) is 12.8. The van der Waals surface area contributed by atoms with Gasteiger partial charge in [-0.25, -0.2) is 9.78 Å². The van der Waals surface area contributed by atoms with Gasteiger partial charge in [-0.15, -0.1) is 11.3 Å². The first-order chi connectivity index (χ1) is 9.99. The monoisotopic (exact) mass is 310 g/mol. The number of carbonyl (C=O) groups is 3. The Hall–Kier alpha value is -1.96. The fraction of sp³-hybridized carbons (Fsp3) is 0.538. The summed E-state index contributed by atoms with van der Waals surface area (Å²) in [4.78, 5) is 40.4. The molecule has 21 heavy (non-hydrogen) atoms. The molecule has 1 aliphatic heterocycles. The van der Waals surface area contributed by atoms with Gasteiger partial charge < -0.3 is 10.2 Å². The largest absolute Gasteiger partial charge is 0.340 e. The van der Waals surface area contributed by atoms with Crippen molar-refractivity contribution in [2.24, 2.45) is 0 Å². The minimum Gasteiger partial charge on any atom is -0.340 e. The molecule has 2 rings (SSSR count). The topological polar surface area (TPSA) is 91.4 Å². The number of hydrogen-bond acceptors (Lipinski definition) is 5. The number of thiazole rings is 1. The smallest absolute Gasteiger partial charge is 0.322 e. The van der Waals surface area contributed by atoms with Crippen molar-refractivity contribution >= 4 is 29.2 Å². The van der Waals surface area contributed by atoms with Crippen LogP contribution in [0.15, 0.2) is 5.38 Å². The molecule has 0 bridgehead atoms. The van der Waals surface area contributed by atoms with Crippen LogP contribution in [0.5, 0.6) is 0 Å². The number of urea groups is 1. The predicted octanol–water partition coefficient (Wildman–Crippen LogP) is 0.652. The molecule has 7 nitrogen and oxygen atoms in total. The molecule has 1 unspecified atom stereocenters. The van der Waals surface area contributed by atoms with E-state index in [-0.39, 0.29) is 18.2 Å². The second-order valence-electron chi connectivity index (χ2n) is 4.89. The maximum absolute atomic E-state index is 12.0. The van der Waals surface area contributed by atoms with Crippen molar-refractivity contribution in [3.8, 4) is 0 Å². The molecule has 114 valence electrons. The van der Waals surface area contributed by atoms with E-state index in [0.29, 0.717) is 13.0 Å². The Labute approximate surface area is 126 Å². The normalized spacial score (nSPS) is 17.5. The van der Waals surface area contributed by atoms with Gasteiger partial charge in [0.05, 0.1) is 17.2 Å². The molecule has 8 heteroatoms. The van der Waals surface area contributed by atoms with Gasteiger partial charge in [-0.1, -0.05) is 6.92 Å². The summed E-state index contributed by atoms with van der Waals surface area (Å²) in [5.41, 5.74) is 0.875. The summed E-state index contributed by atoms with van der Waals surface area (Å²) in [7, 11) is 1.71. The fourth-order valence-corrected chi connectivity index (χ4v) is 2.77. The van der Waals surface area contributed by atoms with Crippen molar-refractivity contribution in [1.82, 2.24) is 20.5 Å². The highest BCUT2D eigenvalue weighted by Gasteiger charge is 2.29. The van der Waals surface area contributed by atoms with Crippen molar-refractivity contribution < 1.29 is 14.4 Å². The van der Waals surface area contributed by atoms with Crippen LogP contribution in [-0.4, -0.2) is 40.8 Å². The average molecular weight is 310 g/mol. The molecule has 2 N–H and O–H groups in total. The molecule has 0 aromatic carbocycles. The van der Waals surface area contributed by atoms with E-state index in [0.717, 1.165) is 17.1 Å². The van der Waals surface area contributed by atoms with Crippen molar-refractivity contribution in [2.75, 3.05) is 7.05 Å². The van der Waals surface area contributed by atoms with E-state index in [2.05, 4.69) is 15.6 Å². The predicted molar refractivity (Wildman–Crippen MR) is 77.7 cm³/mol. The summed E-state index contributed by atoms with van der Waals surface area (Å²) in [6.45, 7) is 2.50. The Bertz CT molecular complexity index is 557. The van der Waals surface area contributed by atoms with Crippen molar-refractivity contribution in [1.29, 1.82) is 0 Å². The quantitative estimate of drug-likeness (QED) is 0.755. The van der Waals surface area contributed by atoms with E-state index in [1.165, 1.54) is 0 Å². The van der Waals surface area contributed by atoms with E-state index in [1.807, 2.05) is 12.3 Å². The molecule has 0 saturated carbocycles. The Morgan fingerprint density at radius 3 is 2.81 bits per heavy atom. The number of carbonyl (C=O) groups excluding carboxylic acids is 3. The zero-order valence-electron chi connectivity index (χ0n) is 12.0. The summed E-state index contributed by atoms with van der Waals surface area (Å²) >= 11 is 1.59. The van der Waals surface area contributed by atoms with Gasteiger partial charge in [0.1, 0.15) is 6.04 Å². The molecule has 0 aliphatic carbocycles. The third kappa shape index (κ3) is 4.01. The van der Waals surface area contributed by atoms with E-state index < -0.39 is 12.1 Å². The molecule has 1 aromatic rings. The minimum absolute atomic E-state index is 0.0741. The van der Waals surface area contributed by atoms with Gasteiger partial charge in [0.25, 0.3) is 5.91 Å². The van der Waals surface area contributed by atoms with Gasteiger partial charge in [0, 0.05) is 18.8 Å². The number of nitrogens with zero attached hydrogens (tertiary/aromatic N) is 2. The van der Waals surface area contributed by atoms with Crippen LogP contribution < -0.4 is 10.6 Å².